The highest BCUT2D eigenvalue weighted by atomic mass is 35.5. The van der Waals surface area contributed by atoms with Crippen molar-refractivity contribution in [1.82, 2.24) is 15.1 Å². The van der Waals surface area contributed by atoms with E-state index >= 15 is 0 Å². The van der Waals surface area contributed by atoms with Crippen LogP contribution in [0.5, 0.6) is 0 Å². The van der Waals surface area contributed by atoms with Crippen LogP contribution >= 0.6 is 23.2 Å². The topological polar surface area (TPSA) is 29.9 Å². The number of hydrogen-bond donors (Lipinski definition) is 1. The van der Waals surface area contributed by atoms with E-state index in [0.717, 1.165) is 22.8 Å². The zero-order valence-corrected chi connectivity index (χ0v) is 12.9. The second-order valence-electron chi connectivity index (χ2n) is 5.33. The number of nitrogens with zero attached hydrogens (tertiary/aromatic N) is 2. The summed E-state index contributed by atoms with van der Waals surface area (Å²) < 4.78 is 1.93. The van der Waals surface area contributed by atoms with E-state index in [1.54, 1.807) is 6.07 Å². The van der Waals surface area contributed by atoms with Crippen molar-refractivity contribution >= 4 is 23.2 Å². The van der Waals surface area contributed by atoms with E-state index in [2.05, 4.69) is 16.6 Å². The Balaban J connectivity index is 1.73. The Morgan fingerprint density at radius 2 is 2.10 bits per heavy atom. The minimum Gasteiger partial charge on any atom is -0.310 e. The molecule has 0 bridgehead atoms. The molecule has 1 fully saturated rings. The molecular weight excluding hydrogens is 293 g/mol. The molecule has 1 aromatic heterocycles. The van der Waals surface area contributed by atoms with E-state index in [9.17, 15) is 0 Å². The van der Waals surface area contributed by atoms with Crippen molar-refractivity contribution in [3.8, 4) is 0 Å². The van der Waals surface area contributed by atoms with E-state index in [1.807, 2.05) is 23.7 Å². The maximum Gasteiger partial charge on any atom is 0.0674 e. The Kier molecular flexibility index (Phi) is 4.01. The monoisotopic (exact) mass is 309 g/mol. The Bertz CT molecular complexity index is 618. The van der Waals surface area contributed by atoms with Crippen molar-refractivity contribution in [1.29, 1.82) is 0 Å². The first-order valence-electron chi connectivity index (χ1n) is 6.82. The number of aromatic nitrogens is 2. The molecule has 2 aromatic rings. The van der Waals surface area contributed by atoms with Crippen LogP contribution in [0.4, 0.5) is 0 Å². The van der Waals surface area contributed by atoms with Crippen LogP contribution < -0.4 is 5.32 Å². The molecule has 1 N–H and O–H groups in total. The Hall–Kier alpha value is -1.03. The van der Waals surface area contributed by atoms with Gasteiger partial charge in [-0.15, -0.1) is 0 Å². The van der Waals surface area contributed by atoms with Gasteiger partial charge in [-0.05, 0) is 43.5 Å². The second kappa shape index (κ2) is 5.76. The minimum absolute atomic E-state index is 0.643. The Labute approximate surface area is 128 Å². The van der Waals surface area contributed by atoms with Gasteiger partial charge < -0.3 is 5.32 Å². The number of benzene rings is 1. The first-order valence-corrected chi connectivity index (χ1v) is 7.57. The lowest BCUT2D eigenvalue weighted by Crippen LogP contribution is -2.15. The number of nitrogens with one attached hydrogen (secondary N) is 1. The number of hydrogen-bond acceptors (Lipinski definition) is 2. The molecule has 106 valence electrons. The molecule has 1 aromatic carbocycles. The molecule has 0 aliphatic heterocycles. The van der Waals surface area contributed by atoms with Gasteiger partial charge >= 0.3 is 0 Å². The molecule has 1 aliphatic rings. The SMILES string of the molecule is Cc1nn(Cc2cc(Cl)ccc2Cl)cc1CNC1CC1. The van der Waals surface area contributed by atoms with Gasteiger partial charge in [-0.2, -0.15) is 5.10 Å². The van der Waals surface area contributed by atoms with Crippen LogP contribution in [0, 0.1) is 6.92 Å². The molecule has 0 atom stereocenters. The van der Waals surface area contributed by atoms with Crippen LogP contribution in [0.2, 0.25) is 10.0 Å². The van der Waals surface area contributed by atoms with Crippen molar-refractivity contribution in [3.63, 3.8) is 0 Å². The zero-order chi connectivity index (χ0) is 14.1. The molecule has 3 nitrogen and oxygen atoms in total. The van der Waals surface area contributed by atoms with E-state index in [-0.39, 0.29) is 0 Å². The van der Waals surface area contributed by atoms with Crippen LogP contribution in [-0.4, -0.2) is 15.8 Å². The summed E-state index contributed by atoms with van der Waals surface area (Å²) in [6, 6.07) is 6.22. The van der Waals surface area contributed by atoms with Gasteiger partial charge in [0.05, 0.1) is 12.2 Å². The molecule has 1 aliphatic carbocycles. The van der Waals surface area contributed by atoms with Crippen LogP contribution in [0.3, 0.4) is 0 Å². The summed E-state index contributed by atoms with van der Waals surface area (Å²) in [6.45, 7) is 3.57. The average Bonchev–Trinajstić information content (AvgIpc) is 3.16. The van der Waals surface area contributed by atoms with Crippen LogP contribution in [0.25, 0.3) is 0 Å². The Morgan fingerprint density at radius 3 is 2.85 bits per heavy atom. The zero-order valence-electron chi connectivity index (χ0n) is 11.4. The fourth-order valence-electron chi connectivity index (χ4n) is 2.19. The van der Waals surface area contributed by atoms with Crippen molar-refractivity contribution in [2.24, 2.45) is 0 Å². The van der Waals surface area contributed by atoms with Gasteiger partial charge in [0.15, 0.2) is 0 Å². The van der Waals surface area contributed by atoms with Crippen LogP contribution in [-0.2, 0) is 13.1 Å². The minimum atomic E-state index is 0.643. The Morgan fingerprint density at radius 1 is 1.30 bits per heavy atom. The average molecular weight is 310 g/mol. The summed E-state index contributed by atoms with van der Waals surface area (Å²) in [5.41, 5.74) is 3.30. The molecule has 3 rings (SSSR count). The summed E-state index contributed by atoms with van der Waals surface area (Å²) in [4.78, 5) is 0. The predicted octanol–water partition coefficient (Wildman–Crippen LogP) is 3.80. The third-order valence-electron chi connectivity index (χ3n) is 3.55. The van der Waals surface area contributed by atoms with Crippen molar-refractivity contribution in [2.45, 2.75) is 38.9 Å². The third kappa shape index (κ3) is 3.35. The summed E-state index contributed by atoms with van der Waals surface area (Å²) in [6.07, 6.45) is 4.68. The van der Waals surface area contributed by atoms with E-state index in [1.165, 1.54) is 18.4 Å². The predicted molar refractivity (Wildman–Crippen MR) is 82.4 cm³/mol. The quantitative estimate of drug-likeness (QED) is 0.910. The smallest absolute Gasteiger partial charge is 0.0674 e. The maximum absolute atomic E-state index is 6.19. The maximum atomic E-state index is 6.19. The summed E-state index contributed by atoms with van der Waals surface area (Å²) in [5.74, 6) is 0. The van der Waals surface area contributed by atoms with Gasteiger partial charge in [-0.3, -0.25) is 4.68 Å². The number of halogens is 2. The second-order valence-corrected chi connectivity index (χ2v) is 6.17. The number of aryl methyl sites for hydroxylation is 1. The highest BCUT2D eigenvalue weighted by Gasteiger charge is 2.20. The first kappa shape index (κ1) is 13.9. The molecule has 0 saturated heterocycles. The van der Waals surface area contributed by atoms with Crippen molar-refractivity contribution in [2.75, 3.05) is 0 Å². The van der Waals surface area contributed by atoms with Gasteiger partial charge in [0, 0.05) is 34.4 Å². The van der Waals surface area contributed by atoms with E-state index in [4.69, 9.17) is 23.2 Å². The largest absolute Gasteiger partial charge is 0.310 e. The molecule has 0 amide bonds. The normalized spacial score (nSPS) is 14.8. The third-order valence-corrected chi connectivity index (χ3v) is 4.15. The fourth-order valence-corrected chi connectivity index (χ4v) is 2.57. The van der Waals surface area contributed by atoms with E-state index < -0.39 is 0 Å². The lowest BCUT2D eigenvalue weighted by molar-refractivity contribution is 0.674. The molecule has 0 unspecified atom stereocenters. The summed E-state index contributed by atoms with van der Waals surface area (Å²) in [5, 5.41) is 9.48. The molecule has 20 heavy (non-hydrogen) atoms. The molecule has 1 heterocycles. The van der Waals surface area contributed by atoms with Gasteiger partial charge in [0.25, 0.3) is 0 Å². The molecule has 0 spiro atoms. The molecule has 0 radical (unpaired) electrons. The van der Waals surface area contributed by atoms with Crippen LogP contribution in [0.15, 0.2) is 24.4 Å². The highest BCUT2D eigenvalue weighted by Crippen LogP contribution is 2.22. The molecule has 1 saturated carbocycles. The molecular formula is C15H17Cl2N3. The number of rotatable bonds is 5. The summed E-state index contributed by atoms with van der Waals surface area (Å²) in [7, 11) is 0. The fraction of sp³-hybridized carbons (Fsp3) is 0.400. The van der Waals surface area contributed by atoms with Crippen molar-refractivity contribution < 1.29 is 0 Å². The molecule has 5 heteroatoms. The van der Waals surface area contributed by atoms with Gasteiger partial charge in [-0.1, -0.05) is 23.2 Å². The highest BCUT2D eigenvalue weighted by molar-refractivity contribution is 6.33. The van der Waals surface area contributed by atoms with E-state index in [0.29, 0.717) is 17.6 Å². The van der Waals surface area contributed by atoms with Crippen LogP contribution in [0.1, 0.15) is 29.7 Å². The van der Waals surface area contributed by atoms with Crippen molar-refractivity contribution in [3.05, 3.63) is 51.3 Å². The van der Waals surface area contributed by atoms with Gasteiger partial charge in [-0.25, -0.2) is 0 Å². The first-order chi connectivity index (χ1) is 9.61. The van der Waals surface area contributed by atoms with Gasteiger partial charge in [0.1, 0.15) is 0 Å². The lowest BCUT2D eigenvalue weighted by atomic mass is 10.2. The standard InChI is InChI=1S/C15H17Cl2N3/c1-10-12(7-18-14-3-4-14)9-20(19-10)8-11-6-13(16)2-5-15(11)17/h2,5-6,9,14,18H,3-4,7-8H2,1H3. The summed E-state index contributed by atoms with van der Waals surface area (Å²) >= 11 is 12.2. The van der Waals surface area contributed by atoms with Gasteiger partial charge in [0.2, 0.25) is 0 Å². The lowest BCUT2D eigenvalue weighted by Gasteiger charge is -2.05.